The fraction of sp³-hybridized carbons (Fsp3) is 0.278. The molecule has 1 heterocycles. The minimum Gasteiger partial charge on any atom is -0.493 e. The number of amides is 1. The lowest BCUT2D eigenvalue weighted by Gasteiger charge is -2.09. The monoisotopic (exact) mass is 315 g/mol. The normalized spacial score (nSPS) is 10.7. The number of ether oxygens (including phenoxy) is 2. The highest BCUT2D eigenvalue weighted by Crippen LogP contribution is 2.27. The van der Waals surface area contributed by atoms with Gasteiger partial charge in [0.2, 0.25) is 5.91 Å². The Kier molecular flexibility index (Phi) is 5.86. The van der Waals surface area contributed by atoms with Crippen LogP contribution >= 0.6 is 0 Å². The van der Waals surface area contributed by atoms with Gasteiger partial charge in [-0.2, -0.15) is 0 Å². The van der Waals surface area contributed by atoms with Gasteiger partial charge in [-0.05, 0) is 49.2 Å². The Balaban J connectivity index is 1.82. The quantitative estimate of drug-likeness (QED) is 0.798. The Hall–Kier alpha value is -2.69. The van der Waals surface area contributed by atoms with Crippen LogP contribution in [0.5, 0.6) is 11.5 Å². The van der Waals surface area contributed by atoms with Crippen LogP contribution in [0.15, 0.2) is 40.8 Å². The van der Waals surface area contributed by atoms with E-state index in [9.17, 15) is 4.79 Å². The molecule has 5 nitrogen and oxygen atoms in total. The number of carbonyl (C=O) groups is 1. The summed E-state index contributed by atoms with van der Waals surface area (Å²) in [6.45, 7) is 2.40. The van der Waals surface area contributed by atoms with Gasteiger partial charge in [-0.3, -0.25) is 4.79 Å². The molecule has 0 radical (unpaired) electrons. The first-order valence-electron chi connectivity index (χ1n) is 7.35. The maximum absolute atomic E-state index is 11.8. The van der Waals surface area contributed by atoms with Crippen molar-refractivity contribution in [3.8, 4) is 11.5 Å². The van der Waals surface area contributed by atoms with Gasteiger partial charge in [0.05, 0.1) is 14.2 Å². The zero-order valence-electron chi connectivity index (χ0n) is 13.6. The van der Waals surface area contributed by atoms with E-state index in [0.29, 0.717) is 30.2 Å². The van der Waals surface area contributed by atoms with Crippen LogP contribution in [0, 0.1) is 6.92 Å². The van der Waals surface area contributed by atoms with E-state index >= 15 is 0 Å². The highest BCUT2D eigenvalue weighted by atomic mass is 16.5. The molecule has 0 aliphatic carbocycles. The third kappa shape index (κ3) is 4.92. The number of aryl methyl sites for hydroxylation is 1. The zero-order chi connectivity index (χ0) is 16.7. The van der Waals surface area contributed by atoms with Crippen molar-refractivity contribution in [1.82, 2.24) is 5.32 Å². The second-order valence-corrected chi connectivity index (χ2v) is 5.01. The van der Waals surface area contributed by atoms with Gasteiger partial charge in [-0.25, -0.2) is 0 Å². The average Bonchev–Trinajstić information content (AvgIpc) is 2.98. The summed E-state index contributed by atoms with van der Waals surface area (Å²) >= 11 is 0. The topological polar surface area (TPSA) is 60.7 Å². The number of furan rings is 1. The average molecular weight is 315 g/mol. The van der Waals surface area contributed by atoms with Crippen molar-refractivity contribution in [3.05, 3.63) is 53.5 Å². The van der Waals surface area contributed by atoms with E-state index in [1.54, 1.807) is 20.3 Å². The fourth-order valence-electron chi connectivity index (χ4n) is 2.13. The summed E-state index contributed by atoms with van der Waals surface area (Å²) in [7, 11) is 3.20. The molecule has 1 N–H and O–H groups in total. The molecule has 1 aromatic carbocycles. The van der Waals surface area contributed by atoms with E-state index in [0.717, 1.165) is 11.3 Å². The van der Waals surface area contributed by atoms with Crippen LogP contribution in [0.25, 0.3) is 6.08 Å². The molecule has 122 valence electrons. The molecule has 23 heavy (non-hydrogen) atoms. The second-order valence-electron chi connectivity index (χ2n) is 5.01. The predicted octanol–water partition coefficient (Wildman–Crippen LogP) is 2.98. The van der Waals surface area contributed by atoms with Gasteiger partial charge in [-0.1, -0.05) is 6.07 Å². The minimum absolute atomic E-state index is 0.153. The number of benzene rings is 1. The number of carbonyl (C=O) groups excluding carboxylic acids is 1. The van der Waals surface area contributed by atoms with E-state index in [1.807, 2.05) is 37.3 Å². The number of methoxy groups -OCH3 is 2. The number of hydrogen-bond donors (Lipinski definition) is 1. The molecular formula is C18H21NO4. The molecule has 2 aromatic rings. The SMILES string of the molecule is COc1ccc(CCNC(=O)/C=C/c2ccc(C)o2)cc1OC. The smallest absolute Gasteiger partial charge is 0.244 e. The van der Waals surface area contributed by atoms with Crippen molar-refractivity contribution in [2.24, 2.45) is 0 Å². The Morgan fingerprint density at radius 2 is 1.96 bits per heavy atom. The summed E-state index contributed by atoms with van der Waals surface area (Å²) in [4.78, 5) is 11.8. The van der Waals surface area contributed by atoms with Crippen LogP contribution < -0.4 is 14.8 Å². The van der Waals surface area contributed by atoms with Crippen LogP contribution in [0.3, 0.4) is 0 Å². The van der Waals surface area contributed by atoms with E-state index in [-0.39, 0.29) is 5.91 Å². The standard InChI is InChI=1S/C18H21NO4/c1-13-4-6-15(23-13)7-9-18(20)19-11-10-14-5-8-16(21-2)17(12-14)22-3/h4-9,12H,10-11H2,1-3H3,(H,19,20)/b9-7+. The van der Waals surface area contributed by atoms with Gasteiger partial charge in [0.15, 0.2) is 11.5 Å². The Morgan fingerprint density at radius 3 is 2.61 bits per heavy atom. The molecule has 1 aromatic heterocycles. The molecule has 2 rings (SSSR count). The number of rotatable bonds is 7. The highest BCUT2D eigenvalue weighted by molar-refractivity contribution is 5.91. The van der Waals surface area contributed by atoms with Gasteiger partial charge >= 0.3 is 0 Å². The minimum atomic E-state index is -0.153. The van der Waals surface area contributed by atoms with Crippen molar-refractivity contribution >= 4 is 12.0 Å². The van der Waals surface area contributed by atoms with Gasteiger partial charge in [-0.15, -0.1) is 0 Å². The van der Waals surface area contributed by atoms with E-state index in [4.69, 9.17) is 13.9 Å². The molecule has 0 saturated heterocycles. The van der Waals surface area contributed by atoms with E-state index in [1.165, 1.54) is 6.08 Å². The number of nitrogens with one attached hydrogen (secondary N) is 1. The summed E-state index contributed by atoms with van der Waals surface area (Å²) in [6.07, 6.45) is 3.82. The van der Waals surface area contributed by atoms with Crippen LogP contribution in [-0.2, 0) is 11.2 Å². The molecule has 0 saturated carbocycles. The van der Waals surface area contributed by atoms with Crippen molar-refractivity contribution in [2.75, 3.05) is 20.8 Å². The Labute approximate surface area is 135 Å². The molecule has 0 fully saturated rings. The summed E-state index contributed by atoms with van der Waals surface area (Å²) in [6, 6.07) is 9.40. The third-order valence-corrected chi connectivity index (χ3v) is 3.32. The first-order chi connectivity index (χ1) is 11.1. The van der Waals surface area contributed by atoms with Crippen LogP contribution in [0.2, 0.25) is 0 Å². The van der Waals surface area contributed by atoms with Crippen molar-refractivity contribution in [3.63, 3.8) is 0 Å². The zero-order valence-corrected chi connectivity index (χ0v) is 13.6. The molecule has 0 unspecified atom stereocenters. The van der Waals surface area contributed by atoms with E-state index in [2.05, 4.69) is 5.32 Å². The predicted molar refractivity (Wildman–Crippen MR) is 88.7 cm³/mol. The Morgan fingerprint density at radius 1 is 1.17 bits per heavy atom. The Bertz CT molecular complexity index is 688. The van der Waals surface area contributed by atoms with Gasteiger partial charge in [0.1, 0.15) is 11.5 Å². The maximum atomic E-state index is 11.8. The van der Waals surface area contributed by atoms with Gasteiger partial charge in [0.25, 0.3) is 0 Å². The molecule has 0 atom stereocenters. The molecule has 0 spiro atoms. The summed E-state index contributed by atoms with van der Waals surface area (Å²) in [5.74, 6) is 2.71. The maximum Gasteiger partial charge on any atom is 0.244 e. The molecule has 0 bridgehead atoms. The first-order valence-corrected chi connectivity index (χ1v) is 7.35. The summed E-state index contributed by atoms with van der Waals surface area (Å²) in [5.41, 5.74) is 1.06. The summed E-state index contributed by atoms with van der Waals surface area (Å²) in [5, 5.41) is 2.83. The van der Waals surface area contributed by atoms with Crippen molar-refractivity contribution < 1.29 is 18.7 Å². The molecule has 0 aliphatic rings. The third-order valence-electron chi connectivity index (χ3n) is 3.32. The first kappa shape index (κ1) is 16.7. The largest absolute Gasteiger partial charge is 0.493 e. The number of hydrogen-bond acceptors (Lipinski definition) is 4. The molecule has 5 heteroatoms. The van der Waals surface area contributed by atoms with Gasteiger partial charge < -0.3 is 19.2 Å². The lowest BCUT2D eigenvalue weighted by molar-refractivity contribution is -0.116. The van der Waals surface area contributed by atoms with Crippen LogP contribution in [0.1, 0.15) is 17.1 Å². The molecule has 0 aliphatic heterocycles. The van der Waals surface area contributed by atoms with Crippen molar-refractivity contribution in [1.29, 1.82) is 0 Å². The van der Waals surface area contributed by atoms with Crippen LogP contribution in [0.4, 0.5) is 0 Å². The molecular weight excluding hydrogens is 294 g/mol. The van der Waals surface area contributed by atoms with Crippen LogP contribution in [-0.4, -0.2) is 26.7 Å². The van der Waals surface area contributed by atoms with Gasteiger partial charge in [0, 0.05) is 12.6 Å². The lowest BCUT2D eigenvalue weighted by Crippen LogP contribution is -2.23. The van der Waals surface area contributed by atoms with E-state index < -0.39 is 0 Å². The highest BCUT2D eigenvalue weighted by Gasteiger charge is 2.05. The second kappa shape index (κ2) is 8.08. The van der Waals surface area contributed by atoms with Crippen molar-refractivity contribution in [2.45, 2.75) is 13.3 Å². The summed E-state index contributed by atoms with van der Waals surface area (Å²) < 4.78 is 15.8. The lowest BCUT2D eigenvalue weighted by atomic mass is 10.1. The molecule has 1 amide bonds. The fourth-order valence-corrected chi connectivity index (χ4v) is 2.13.